The minimum atomic E-state index is -0.174. The molecule has 0 spiro atoms. The van der Waals surface area contributed by atoms with E-state index in [1.54, 1.807) is 12.1 Å². The van der Waals surface area contributed by atoms with Gasteiger partial charge in [0.1, 0.15) is 5.82 Å². The van der Waals surface area contributed by atoms with Crippen LogP contribution in [0.15, 0.2) is 24.3 Å². The number of hydrogen-bond acceptors (Lipinski definition) is 3. The van der Waals surface area contributed by atoms with Gasteiger partial charge in [-0.05, 0) is 37.0 Å². The van der Waals surface area contributed by atoms with Crippen molar-refractivity contribution in [3.63, 3.8) is 0 Å². The van der Waals surface area contributed by atoms with Crippen LogP contribution in [-0.4, -0.2) is 42.8 Å². The maximum Gasteiger partial charge on any atom is 0.123 e. The lowest BCUT2D eigenvalue weighted by Crippen LogP contribution is -2.61. The van der Waals surface area contributed by atoms with Crippen molar-refractivity contribution < 1.29 is 9.13 Å². The molecular formula is C17H25FN2O. The zero-order valence-corrected chi connectivity index (χ0v) is 12.6. The predicted molar refractivity (Wildman–Crippen MR) is 81.7 cm³/mol. The van der Waals surface area contributed by atoms with Gasteiger partial charge in [-0.1, -0.05) is 25.0 Å². The van der Waals surface area contributed by atoms with Crippen LogP contribution in [0.4, 0.5) is 4.39 Å². The summed E-state index contributed by atoms with van der Waals surface area (Å²) in [7, 11) is 0. The van der Waals surface area contributed by atoms with Gasteiger partial charge in [0, 0.05) is 24.7 Å². The van der Waals surface area contributed by atoms with Crippen molar-refractivity contribution in [1.82, 2.24) is 4.90 Å². The fraction of sp³-hybridized carbons (Fsp3) is 0.647. The Labute approximate surface area is 126 Å². The Morgan fingerprint density at radius 3 is 2.62 bits per heavy atom. The summed E-state index contributed by atoms with van der Waals surface area (Å²) in [4.78, 5) is 2.54. The molecule has 1 aromatic carbocycles. The first-order valence-electron chi connectivity index (χ1n) is 8.03. The third-order valence-electron chi connectivity index (χ3n) is 5.15. The molecule has 1 aliphatic carbocycles. The lowest BCUT2D eigenvalue weighted by atomic mass is 9.82. The second-order valence-electron chi connectivity index (χ2n) is 6.35. The number of nitrogens with two attached hydrogens (primary N) is 1. The molecular weight excluding hydrogens is 267 g/mol. The van der Waals surface area contributed by atoms with Crippen molar-refractivity contribution in [2.45, 2.75) is 43.7 Å². The molecule has 2 aliphatic rings. The third-order valence-corrected chi connectivity index (χ3v) is 5.15. The molecule has 0 radical (unpaired) electrons. The summed E-state index contributed by atoms with van der Waals surface area (Å²) in [5.74, 6) is -0.174. The third kappa shape index (κ3) is 3.12. The molecule has 21 heavy (non-hydrogen) atoms. The molecule has 1 atom stereocenters. The van der Waals surface area contributed by atoms with Crippen LogP contribution in [-0.2, 0) is 11.2 Å². The second kappa shape index (κ2) is 6.42. The van der Waals surface area contributed by atoms with E-state index < -0.39 is 0 Å². The van der Waals surface area contributed by atoms with Gasteiger partial charge in [0.25, 0.3) is 0 Å². The van der Waals surface area contributed by atoms with Crippen LogP contribution in [0, 0.1) is 5.82 Å². The Morgan fingerprint density at radius 2 is 1.95 bits per heavy atom. The Bertz CT molecular complexity index is 468. The largest absolute Gasteiger partial charge is 0.379 e. The van der Waals surface area contributed by atoms with Gasteiger partial charge in [-0.25, -0.2) is 4.39 Å². The van der Waals surface area contributed by atoms with Crippen molar-refractivity contribution in [2.75, 3.05) is 26.3 Å². The maximum atomic E-state index is 13.4. The quantitative estimate of drug-likeness (QED) is 0.926. The van der Waals surface area contributed by atoms with E-state index in [-0.39, 0.29) is 17.4 Å². The van der Waals surface area contributed by atoms with E-state index in [0.717, 1.165) is 51.1 Å². The highest BCUT2D eigenvalue weighted by atomic mass is 19.1. The molecule has 1 saturated heterocycles. The summed E-state index contributed by atoms with van der Waals surface area (Å²) in [5.41, 5.74) is 7.70. The van der Waals surface area contributed by atoms with E-state index in [1.165, 1.54) is 18.9 Å². The molecule has 1 aromatic rings. The van der Waals surface area contributed by atoms with Crippen LogP contribution in [0.1, 0.15) is 31.2 Å². The van der Waals surface area contributed by atoms with Crippen molar-refractivity contribution in [1.29, 1.82) is 0 Å². The summed E-state index contributed by atoms with van der Waals surface area (Å²) >= 11 is 0. The molecule has 0 bridgehead atoms. The second-order valence-corrected chi connectivity index (χ2v) is 6.35. The summed E-state index contributed by atoms with van der Waals surface area (Å²) in [6, 6.07) is 6.91. The molecule has 116 valence electrons. The number of hydrogen-bond donors (Lipinski definition) is 1. The van der Waals surface area contributed by atoms with E-state index in [4.69, 9.17) is 10.5 Å². The van der Waals surface area contributed by atoms with Crippen LogP contribution in [0.25, 0.3) is 0 Å². The number of rotatable bonds is 4. The minimum absolute atomic E-state index is 0.0555. The van der Waals surface area contributed by atoms with E-state index in [0.29, 0.717) is 0 Å². The molecule has 1 unspecified atom stereocenters. The number of ether oxygens (including phenoxy) is 1. The zero-order valence-electron chi connectivity index (χ0n) is 12.6. The van der Waals surface area contributed by atoms with Crippen LogP contribution >= 0.6 is 0 Å². The van der Waals surface area contributed by atoms with Crippen molar-refractivity contribution in [3.8, 4) is 0 Å². The van der Waals surface area contributed by atoms with Crippen LogP contribution in [0.2, 0.25) is 0 Å². The molecule has 3 rings (SSSR count). The first-order valence-corrected chi connectivity index (χ1v) is 8.03. The average molecular weight is 292 g/mol. The summed E-state index contributed by atoms with van der Waals surface area (Å²) in [5, 5.41) is 0. The Kier molecular flexibility index (Phi) is 4.57. The van der Waals surface area contributed by atoms with Crippen LogP contribution in [0.3, 0.4) is 0 Å². The Morgan fingerprint density at radius 1 is 1.24 bits per heavy atom. The van der Waals surface area contributed by atoms with Gasteiger partial charge in [-0.15, -0.1) is 0 Å². The van der Waals surface area contributed by atoms with Crippen LogP contribution < -0.4 is 5.73 Å². The number of benzene rings is 1. The summed E-state index contributed by atoms with van der Waals surface area (Å²) in [6.45, 7) is 3.54. The molecule has 0 amide bonds. The number of morpholine rings is 1. The molecule has 2 N–H and O–H groups in total. The highest BCUT2D eigenvalue weighted by Gasteiger charge is 2.44. The lowest BCUT2D eigenvalue weighted by Gasteiger charge is -2.47. The normalized spacial score (nSPS) is 24.1. The number of nitrogens with zero attached hydrogens (tertiary/aromatic N) is 1. The van der Waals surface area contributed by atoms with Gasteiger partial charge in [0.2, 0.25) is 0 Å². The molecule has 1 saturated carbocycles. The maximum absolute atomic E-state index is 13.4. The molecule has 1 heterocycles. The highest BCUT2D eigenvalue weighted by molar-refractivity contribution is 5.19. The first-order chi connectivity index (χ1) is 10.2. The summed E-state index contributed by atoms with van der Waals surface area (Å²) < 4.78 is 18.9. The fourth-order valence-electron chi connectivity index (χ4n) is 4.03. The predicted octanol–water partition coefficient (Wildman–Crippen LogP) is 2.34. The summed E-state index contributed by atoms with van der Waals surface area (Å²) in [6.07, 6.45) is 5.55. The van der Waals surface area contributed by atoms with E-state index in [9.17, 15) is 4.39 Å². The van der Waals surface area contributed by atoms with Gasteiger partial charge in [-0.3, -0.25) is 4.90 Å². The topological polar surface area (TPSA) is 38.5 Å². The van der Waals surface area contributed by atoms with Gasteiger partial charge in [0.15, 0.2) is 0 Å². The molecule has 3 nitrogen and oxygen atoms in total. The molecule has 1 aliphatic heterocycles. The minimum Gasteiger partial charge on any atom is -0.379 e. The standard InChI is InChI=1S/C17H25FN2O/c18-15-5-3-4-14(12-15)13-16(19)17(6-1-2-7-17)20-8-10-21-11-9-20/h3-5,12,16H,1-2,6-11,13,19H2. The first kappa shape index (κ1) is 14.9. The Hall–Kier alpha value is -0.970. The zero-order chi connectivity index (χ0) is 14.7. The SMILES string of the molecule is NC(Cc1cccc(F)c1)C1(N2CCOCC2)CCCC1. The number of halogens is 1. The molecule has 0 aromatic heterocycles. The van der Waals surface area contributed by atoms with Gasteiger partial charge < -0.3 is 10.5 Å². The molecule has 2 fully saturated rings. The fourth-order valence-corrected chi connectivity index (χ4v) is 4.03. The average Bonchev–Trinajstić information content (AvgIpc) is 2.99. The van der Waals surface area contributed by atoms with Crippen molar-refractivity contribution in [3.05, 3.63) is 35.6 Å². The smallest absolute Gasteiger partial charge is 0.123 e. The molecule has 4 heteroatoms. The van der Waals surface area contributed by atoms with Crippen LogP contribution in [0.5, 0.6) is 0 Å². The van der Waals surface area contributed by atoms with Crippen molar-refractivity contribution >= 4 is 0 Å². The highest BCUT2D eigenvalue weighted by Crippen LogP contribution is 2.38. The van der Waals surface area contributed by atoms with Gasteiger partial charge >= 0.3 is 0 Å². The van der Waals surface area contributed by atoms with E-state index >= 15 is 0 Å². The lowest BCUT2D eigenvalue weighted by molar-refractivity contribution is -0.0305. The van der Waals surface area contributed by atoms with Gasteiger partial charge in [-0.2, -0.15) is 0 Å². The van der Waals surface area contributed by atoms with Gasteiger partial charge in [0.05, 0.1) is 13.2 Å². The Balaban J connectivity index is 1.76. The van der Waals surface area contributed by atoms with E-state index in [2.05, 4.69) is 4.90 Å². The van der Waals surface area contributed by atoms with E-state index in [1.807, 2.05) is 6.07 Å². The van der Waals surface area contributed by atoms with Crippen molar-refractivity contribution in [2.24, 2.45) is 5.73 Å². The monoisotopic (exact) mass is 292 g/mol.